The lowest BCUT2D eigenvalue weighted by Gasteiger charge is -2.09. The summed E-state index contributed by atoms with van der Waals surface area (Å²) < 4.78 is 6.21. The lowest BCUT2D eigenvalue weighted by atomic mass is 10.3. The predicted octanol–water partition coefficient (Wildman–Crippen LogP) is 3.70. The topological polar surface area (TPSA) is 64.3 Å². The van der Waals surface area contributed by atoms with E-state index in [2.05, 4.69) is 21.2 Å². The Labute approximate surface area is 130 Å². The van der Waals surface area contributed by atoms with Crippen LogP contribution in [0.15, 0.2) is 46.9 Å². The van der Waals surface area contributed by atoms with E-state index in [4.69, 9.17) is 22.1 Å². The van der Waals surface area contributed by atoms with Crippen LogP contribution < -0.4 is 15.8 Å². The van der Waals surface area contributed by atoms with Crippen molar-refractivity contribution in [3.05, 3.63) is 52.0 Å². The number of carbonyl (C=O) groups is 1. The van der Waals surface area contributed by atoms with Crippen molar-refractivity contribution in [3.8, 4) is 5.75 Å². The molecule has 0 radical (unpaired) electrons. The van der Waals surface area contributed by atoms with Gasteiger partial charge in [-0.05, 0) is 42.5 Å². The molecule has 1 amide bonds. The first-order valence-corrected chi connectivity index (χ1v) is 6.95. The third kappa shape index (κ3) is 4.15. The molecule has 6 heteroatoms. The molecule has 0 aliphatic rings. The number of hydrogen-bond donors (Lipinski definition) is 2. The molecule has 0 aliphatic heterocycles. The number of nitrogen functional groups attached to an aromatic ring is 1. The van der Waals surface area contributed by atoms with E-state index in [-0.39, 0.29) is 12.5 Å². The lowest BCUT2D eigenvalue weighted by molar-refractivity contribution is -0.118. The fourth-order valence-corrected chi connectivity index (χ4v) is 2.01. The van der Waals surface area contributed by atoms with Crippen molar-refractivity contribution in [2.75, 3.05) is 17.7 Å². The third-order valence-corrected chi connectivity index (χ3v) is 3.25. The van der Waals surface area contributed by atoms with Crippen LogP contribution in [0.25, 0.3) is 0 Å². The highest BCUT2D eigenvalue weighted by atomic mass is 79.9. The first kappa shape index (κ1) is 14.7. The SMILES string of the molecule is Nc1ccc(NC(=O)COc2cc(Br)ccc2Cl)cc1. The highest BCUT2D eigenvalue weighted by Gasteiger charge is 2.07. The molecule has 3 N–H and O–H groups in total. The fraction of sp³-hybridized carbons (Fsp3) is 0.0714. The highest BCUT2D eigenvalue weighted by Crippen LogP contribution is 2.27. The Balaban J connectivity index is 1.92. The van der Waals surface area contributed by atoms with Crippen LogP contribution in [0.3, 0.4) is 0 Å². The number of hydrogen-bond acceptors (Lipinski definition) is 3. The van der Waals surface area contributed by atoms with Gasteiger partial charge in [0.2, 0.25) is 0 Å². The second-order valence-corrected chi connectivity index (χ2v) is 5.36. The van der Waals surface area contributed by atoms with Crippen LogP contribution in [0, 0.1) is 0 Å². The third-order valence-electron chi connectivity index (χ3n) is 2.45. The zero-order chi connectivity index (χ0) is 14.5. The maximum Gasteiger partial charge on any atom is 0.262 e. The van der Waals surface area contributed by atoms with E-state index < -0.39 is 0 Å². The molecule has 0 atom stereocenters. The molecule has 0 unspecified atom stereocenters. The minimum absolute atomic E-state index is 0.124. The molecule has 0 saturated carbocycles. The number of benzene rings is 2. The molecule has 2 rings (SSSR count). The van der Waals surface area contributed by atoms with E-state index in [1.54, 1.807) is 42.5 Å². The van der Waals surface area contributed by atoms with Crippen molar-refractivity contribution in [2.24, 2.45) is 0 Å². The van der Waals surface area contributed by atoms with Crippen molar-refractivity contribution < 1.29 is 9.53 Å². The van der Waals surface area contributed by atoms with Crippen LogP contribution in [0.4, 0.5) is 11.4 Å². The fourth-order valence-electron chi connectivity index (χ4n) is 1.49. The van der Waals surface area contributed by atoms with Gasteiger partial charge in [-0.2, -0.15) is 0 Å². The van der Waals surface area contributed by atoms with Gasteiger partial charge in [-0.1, -0.05) is 27.5 Å². The predicted molar refractivity (Wildman–Crippen MR) is 84.1 cm³/mol. The molecule has 0 bridgehead atoms. The number of ether oxygens (including phenoxy) is 1. The zero-order valence-electron chi connectivity index (χ0n) is 10.4. The van der Waals surface area contributed by atoms with Gasteiger partial charge in [0.25, 0.3) is 5.91 Å². The minimum atomic E-state index is -0.272. The van der Waals surface area contributed by atoms with Crippen LogP contribution in [0.1, 0.15) is 0 Å². The normalized spacial score (nSPS) is 10.1. The van der Waals surface area contributed by atoms with Gasteiger partial charge in [0.1, 0.15) is 5.75 Å². The summed E-state index contributed by atoms with van der Waals surface area (Å²) in [6, 6.07) is 12.1. The average molecular weight is 356 g/mol. The number of nitrogens with one attached hydrogen (secondary N) is 1. The Morgan fingerprint density at radius 1 is 1.25 bits per heavy atom. The van der Waals surface area contributed by atoms with Gasteiger partial charge in [-0.3, -0.25) is 4.79 Å². The van der Waals surface area contributed by atoms with Crippen molar-refractivity contribution in [3.63, 3.8) is 0 Å². The Hall–Kier alpha value is -1.72. The van der Waals surface area contributed by atoms with Crippen LogP contribution in [0.5, 0.6) is 5.75 Å². The summed E-state index contributed by atoms with van der Waals surface area (Å²) in [7, 11) is 0. The molecule has 0 saturated heterocycles. The van der Waals surface area contributed by atoms with E-state index in [1.807, 2.05) is 0 Å². The number of nitrogens with two attached hydrogens (primary N) is 1. The first-order valence-electron chi connectivity index (χ1n) is 5.78. The number of anilines is 2. The number of rotatable bonds is 4. The molecule has 0 spiro atoms. The van der Waals surface area contributed by atoms with E-state index in [0.717, 1.165) is 4.47 Å². The van der Waals surface area contributed by atoms with Crippen LogP contribution >= 0.6 is 27.5 Å². The maximum atomic E-state index is 11.7. The van der Waals surface area contributed by atoms with Gasteiger partial charge in [-0.15, -0.1) is 0 Å². The van der Waals surface area contributed by atoms with Gasteiger partial charge >= 0.3 is 0 Å². The molecule has 2 aromatic carbocycles. The van der Waals surface area contributed by atoms with Gasteiger partial charge in [0.05, 0.1) is 5.02 Å². The standard InChI is InChI=1S/C14H12BrClN2O2/c15-9-1-6-12(16)13(7-9)20-8-14(19)18-11-4-2-10(17)3-5-11/h1-7H,8,17H2,(H,18,19). The van der Waals surface area contributed by atoms with Crippen molar-refractivity contribution >= 4 is 44.8 Å². The Morgan fingerprint density at radius 3 is 2.65 bits per heavy atom. The summed E-state index contributed by atoms with van der Waals surface area (Å²) in [6.45, 7) is -0.124. The molecule has 20 heavy (non-hydrogen) atoms. The lowest BCUT2D eigenvalue weighted by Crippen LogP contribution is -2.20. The molecule has 2 aromatic rings. The van der Waals surface area contributed by atoms with E-state index in [0.29, 0.717) is 22.1 Å². The molecule has 104 valence electrons. The van der Waals surface area contributed by atoms with E-state index in [1.165, 1.54) is 0 Å². The summed E-state index contributed by atoms with van der Waals surface area (Å²) >= 11 is 9.28. The van der Waals surface area contributed by atoms with Crippen LogP contribution in [0.2, 0.25) is 5.02 Å². The zero-order valence-corrected chi connectivity index (χ0v) is 12.7. The van der Waals surface area contributed by atoms with Gasteiger partial charge in [-0.25, -0.2) is 0 Å². The smallest absolute Gasteiger partial charge is 0.262 e. The molecular weight excluding hydrogens is 344 g/mol. The van der Waals surface area contributed by atoms with Crippen LogP contribution in [-0.4, -0.2) is 12.5 Å². The summed E-state index contributed by atoms with van der Waals surface area (Å²) in [5, 5.41) is 3.15. The summed E-state index contributed by atoms with van der Waals surface area (Å²) in [5.74, 6) is 0.180. The van der Waals surface area contributed by atoms with Gasteiger partial charge in [0.15, 0.2) is 6.61 Å². The molecule has 0 aliphatic carbocycles. The Kier molecular flexibility index (Phi) is 4.87. The molecule has 4 nitrogen and oxygen atoms in total. The molecule has 0 aromatic heterocycles. The average Bonchev–Trinajstić information content (AvgIpc) is 2.42. The second-order valence-electron chi connectivity index (χ2n) is 4.03. The van der Waals surface area contributed by atoms with Crippen LogP contribution in [-0.2, 0) is 4.79 Å². The summed E-state index contributed by atoms with van der Waals surface area (Å²) in [5.41, 5.74) is 6.87. The molecular formula is C14H12BrClN2O2. The van der Waals surface area contributed by atoms with E-state index in [9.17, 15) is 4.79 Å². The quantitative estimate of drug-likeness (QED) is 0.822. The van der Waals surface area contributed by atoms with Gasteiger partial charge < -0.3 is 15.8 Å². The van der Waals surface area contributed by atoms with E-state index >= 15 is 0 Å². The van der Waals surface area contributed by atoms with Crippen molar-refractivity contribution in [1.29, 1.82) is 0 Å². The Morgan fingerprint density at radius 2 is 1.95 bits per heavy atom. The first-order chi connectivity index (χ1) is 9.54. The molecule has 0 fully saturated rings. The largest absolute Gasteiger partial charge is 0.482 e. The Bertz CT molecular complexity index is 617. The van der Waals surface area contributed by atoms with Crippen molar-refractivity contribution in [1.82, 2.24) is 0 Å². The van der Waals surface area contributed by atoms with Gasteiger partial charge in [0, 0.05) is 15.8 Å². The number of halogens is 2. The monoisotopic (exact) mass is 354 g/mol. The maximum absolute atomic E-state index is 11.7. The minimum Gasteiger partial charge on any atom is -0.482 e. The highest BCUT2D eigenvalue weighted by molar-refractivity contribution is 9.10. The summed E-state index contributed by atoms with van der Waals surface area (Å²) in [4.78, 5) is 11.7. The second kappa shape index (κ2) is 6.63. The van der Waals surface area contributed by atoms with Crippen molar-refractivity contribution in [2.45, 2.75) is 0 Å². The number of amides is 1. The molecule has 0 heterocycles. The summed E-state index contributed by atoms with van der Waals surface area (Å²) in [6.07, 6.45) is 0. The number of carbonyl (C=O) groups excluding carboxylic acids is 1.